The molecular weight excluding hydrogens is 543 g/mol. The molecule has 2 N–H and O–H groups in total. The molecule has 1 aliphatic rings. The molecule has 11 nitrogen and oxygen atoms in total. The van der Waals surface area contributed by atoms with Crippen LogP contribution in [-0.4, -0.2) is 76.5 Å². The molecule has 3 amide bonds. The molecular formula is C29H31N6O5P. The number of piperazine rings is 1. The molecule has 212 valence electrons. The molecule has 1 atom stereocenters. The Morgan fingerprint density at radius 1 is 0.976 bits per heavy atom. The van der Waals surface area contributed by atoms with Crippen LogP contribution in [0.3, 0.4) is 0 Å². The normalized spacial score (nSPS) is 13.5. The summed E-state index contributed by atoms with van der Waals surface area (Å²) in [6.45, 7) is 3.41. The minimum absolute atomic E-state index is 0.0130. The summed E-state index contributed by atoms with van der Waals surface area (Å²) in [6, 6.07) is 18.7. The first-order valence-corrected chi connectivity index (χ1v) is 14.2. The molecule has 2 aromatic carbocycles. The Kier molecular flexibility index (Phi) is 10.7. The van der Waals surface area contributed by atoms with Crippen LogP contribution in [0.25, 0.3) is 11.4 Å². The van der Waals surface area contributed by atoms with E-state index in [1.54, 1.807) is 4.90 Å². The van der Waals surface area contributed by atoms with Crippen molar-refractivity contribution in [3.05, 3.63) is 72.4 Å². The molecule has 0 spiro atoms. The minimum atomic E-state index is -1.29. The predicted octanol–water partition coefficient (Wildman–Crippen LogP) is 4.32. The van der Waals surface area contributed by atoms with Crippen LogP contribution in [0, 0.1) is 5.63 Å². The number of hydrogen-bond acceptors (Lipinski definition) is 8. The van der Waals surface area contributed by atoms with Gasteiger partial charge in [-0.1, -0.05) is 6.92 Å². The number of carbonyl (C=O) groups is 3. The number of para-hydroxylation sites is 1. The number of unbranched alkanes of at least 4 members (excludes halogenated alkanes) is 1. The number of rotatable bonds is 9. The molecule has 3 aromatic rings. The van der Waals surface area contributed by atoms with Crippen molar-refractivity contribution in [3.63, 3.8) is 0 Å². The Morgan fingerprint density at radius 3 is 2.29 bits per heavy atom. The van der Waals surface area contributed by atoms with Crippen LogP contribution >= 0.6 is 7.92 Å². The summed E-state index contributed by atoms with van der Waals surface area (Å²) >= 11 is 0. The van der Waals surface area contributed by atoms with Crippen LogP contribution in [0.2, 0.25) is 0 Å². The molecule has 1 aromatic heterocycles. The number of nitrogens with one attached hydrogen (secondary N) is 2. The number of anilines is 2. The molecule has 41 heavy (non-hydrogen) atoms. The van der Waals surface area contributed by atoms with Gasteiger partial charge in [0, 0.05) is 0 Å². The summed E-state index contributed by atoms with van der Waals surface area (Å²) < 4.78 is 16.7. The van der Waals surface area contributed by atoms with Crippen molar-refractivity contribution >= 4 is 37.3 Å². The summed E-state index contributed by atoms with van der Waals surface area (Å²) in [5.41, 5.74) is 3.96. The molecule has 12 heteroatoms. The molecule has 2 heterocycles. The van der Waals surface area contributed by atoms with Gasteiger partial charge in [-0.3, -0.25) is 0 Å². The molecule has 0 saturated carbocycles. The van der Waals surface area contributed by atoms with Crippen LogP contribution in [0.1, 0.15) is 30.3 Å². The number of amides is 3. The van der Waals surface area contributed by atoms with Gasteiger partial charge in [-0.25, -0.2) is 0 Å². The first-order valence-electron chi connectivity index (χ1n) is 13.3. The molecule has 4 rings (SSSR count). The third-order valence-corrected chi connectivity index (χ3v) is 6.68. The van der Waals surface area contributed by atoms with Crippen LogP contribution in [-0.2, 0) is 14.1 Å². The Hall–Kier alpha value is -4.46. The van der Waals surface area contributed by atoms with Gasteiger partial charge in [-0.15, -0.1) is 0 Å². The van der Waals surface area contributed by atoms with Gasteiger partial charge in [0.15, 0.2) is 0 Å². The maximum absolute atomic E-state index is 13.4. The van der Waals surface area contributed by atoms with Gasteiger partial charge in [0.25, 0.3) is 0 Å². The first-order chi connectivity index (χ1) is 20.0. The summed E-state index contributed by atoms with van der Waals surface area (Å²) in [4.78, 5) is 50.9. The molecule has 1 saturated heterocycles. The Bertz CT molecular complexity index is 1460. The van der Waals surface area contributed by atoms with E-state index in [0.29, 0.717) is 23.8 Å². The molecule has 0 aliphatic carbocycles. The quantitative estimate of drug-likeness (QED) is 0.285. The number of nitrogens with zero attached hydrogens (tertiary/aromatic N) is 4. The molecule has 1 aliphatic heterocycles. The van der Waals surface area contributed by atoms with Gasteiger partial charge in [0.05, 0.1) is 0 Å². The third kappa shape index (κ3) is 8.27. The van der Waals surface area contributed by atoms with Crippen molar-refractivity contribution < 1.29 is 23.7 Å². The van der Waals surface area contributed by atoms with E-state index < -0.39 is 31.9 Å². The maximum atomic E-state index is 13.4. The van der Waals surface area contributed by atoms with Gasteiger partial charge in [0.1, 0.15) is 0 Å². The SMILES string of the molecule is CCCCOC(=O)N1CCN(C(=O)[C@H](C#P=O)NC(=O)c2cc(Nc3ccccc3)nc(-c3ccccc3)n2)CC1. The van der Waals surface area contributed by atoms with E-state index in [4.69, 9.17) is 4.74 Å². The summed E-state index contributed by atoms with van der Waals surface area (Å²) in [5.74, 6) is -0.444. The number of ether oxygens (including phenoxy) is 1. The van der Waals surface area contributed by atoms with Crippen molar-refractivity contribution in [2.45, 2.75) is 25.8 Å². The zero-order valence-corrected chi connectivity index (χ0v) is 23.5. The van der Waals surface area contributed by atoms with Crippen molar-refractivity contribution in [1.29, 1.82) is 0 Å². The third-order valence-electron chi connectivity index (χ3n) is 6.31. The number of carbonyl (C=O) groups excluding carboxylic acids is 3. The summed E-state index contributed by atoms with van der Waals surface area (Å²) in [7, 11) is -0.538. The van der Waals surface area contributed by atoms with Crippen LogP contribution in [0.5, 0.6) is 0 Å². The van der Waals surface area contributed by atoms with Crippen molar-refractivity contribution in [2.75, 3.05) is 38.1 Å². The zero-order valence-electron chi connectivity index (χ0n) is 22.7. The molecule has 0 radical (unpaired) electrons. The number of aromatic nitrogens is 2. The second-order valence-electron chi connectivity index (χ2n) is 9.23. The van der Waals surface area contributed by atoms with Gasteiger partial charge in [-0.2, -0.15) is 0 Å². The van der Waals surface area contributed by atoms with Crippen LogP contribution in [0.15, 0.2) is 66.7 Å². The van der Waals surface area contributed by atoms with Gasteiger partial charge in [-0.05, 0) is 0 Å². The van der Waals surface area contributed by atoms with Crippen LogP contribution in [0.4, 0.5) is 16.3 Å². The van der Waals surface area contributed by atoms with Crippen LogP contribution < -0.4 is 10.6 Å². The van der Waals surface area contributed by atoms with Gasteiger partial charge < -0.3 is 0 Å². The van der Waals surface area contributed by atoms with E-state index in [9.17, 15) is 18.9 Å². The summed E-state index contributed by atoms with van der Waals surface area (Å²) in [5, 5.41) is 5.77. The Morgan fingerprint density at radius 2 is 1.63 bits per heavy atom. The van der Waals surface area contributed by atoms with Crippen molar-refractivity contribution in [3.8, 4) is 17.0 Å². The Labute approximate surface area is 239 Å². The topological polar surface area (TPSA) is 134 Å². The van der Waals surface area contributed by atoms with E-state index in [2.05, 4.69) is 26.2 Å². The average molecular weight is 575 g/mol. The van der Waals surface area contributed by atoms with E-state index >= 15 is 0 Å². The fraction of sp³-hybridized carbons (Fsp3) is 0.310. The first kappa shape index (κ1) is 29.5. The van der Waals surface area contributed by atoms with Gasteiger partial charge in [0.2, 0.25) is 0 Å². The van der Waals surface area contributed by atoms with E-state index in [0.717, 1.165) is 18.5 Å². The zero-order chi connectivity index (χ0) is 29.0. The predicted molar refractivity (Wildman–Crippen MR) is 154 cm³/mol. The van der Waals surface area contributed by atoms with E-state index in [1.807, 2.05) is 67.6 Å². The van der Waals surface area contributed by atoms with E-state index in [-0.39, 0.29) is 31.9 Å². The average Bonchev–Trinajstić information content (AvgIpc) is 3.01. The fourth-order valence-corrected chi connectivity index (χ4v) is 4.39. The molecule has 0 unspecified atom stereocenters. The summed E-state index contributed by atoms with van der Waals surface area (Å²) in [6.07, 6.45) is 1.29. The second-order valence-corrected chi connectivity index (χ2v) is 9.67. The van der Waals surface area contributed by atoms with Crippen molar-refractivity contribution in [2.24, 2.45) is 0 Å². The standard InChI is InChI=1S/C29H31N6O5P/c1-2-3-18-40-29(38)35-16-14-34(15-17-35)28(37)24(20-41-39)32-27(36)23-19-25(30-22-12-8-5-9-13-22)33-26(31-23)21-10-6-4-7-11-21/h4-13,19,24H,2-3,14-18H2,1H3,(H,32,36)(H,30,31,33)/t24-/m0/s1. The van der Waals surface area contributed by atoms with Gasteiger partial charge >= 0.3 is 233 Å². The Balaban J connectivity index is 1.48. The molecule has 1 fully saturated rings. The number of benzene rings is 2. The van der Waals surface area contributed by atoms with E-state index in [1.165, 1.54) is 11.0 Å². The fourth-order valence-electron chi connectivity index (χ4n) is 4.11. The molecule has 0 bridgehead atoms. The monoisotopic (exact) mass is 574 g/mol. The second kappa shape index (κ2) is 14.8. The number of hydrogen-bond donors (Lipinski definition) is 2. The van der Waals surface area contributed by atoms with Crippen molar-refractivity contribution in [1.82, 2.24) is 25.1 Å².